The molecular formula is C71H118N4O53. The molecule has 10 saturated heterocycles. The van der Waals surface area contributed by atoms with E-state index in [4.69, 9.17) is 90.0 Å². The number of ether oxygens (including phenoxy) is 19. The Hall–Kier alpha value is -4.53. The largest absolute Gasteiger partial charge is 0.477 e. The van der Waals surface area contributed by atoms with Crippen LogP contribution >= 0.6 is 0 Å². The Bertz CT molecular complexity index is 3530. The highest BCUT2D eigenvalue weighted by Crippen LogP contribution is 2.43. The van der Waals surface area contributed by atoms with Gasteiger partial charge >= 0.3 is 5.97 Å². The number of aliphatic hydroxyl groups excluding tert-OH is 28. The van der Waals surface area contributed by atoms with Gasteiger partial charge in [-0.3, -0.25) is 19.2 Å². The maximum Gasteiger partial charge on any atom is 0.364 e. The van der Waals surface area contributed by atoms with Crippen LogP contribution in [0.25, 0.3) is 0 Å². The van der Waals surface area contributed by atoms with Crippen LogP contribution in [0.5, 0.6) is 0 Å². The van der Waals surface area contributed by atoms with Crippen molar-refractivity contribution in [2.45, 2.75) is 353 Å². The Morgan fingerprint density at radius 2 is 0.680 bits per heavy atom. The van der Waals surface area contributed by atoms with Crippen LogP contribution in [0.4, 0.5) is 0 Å². The van der Waals surface area contributed by atoms with Crippen molar-refractivity contribution in [1.29, 1.82) is 0 Å². The third kappa shape index (κ3) is 23.1. The minimum Gasteiger partial charge on any atom is -0.477 e. The molecule has 0 aliphatic carbocycles. The van der Waals surface area contributed by atoms with Crippen molar-refractivity contribution in [2.75, 3.05) is 59.5 Å². The van der Waals surface area contributed by atoms with Gasteiger partial charge in [-0.15, -0.1) is 0 Å². The van der Waals surface area contributed by atoms with E-state index in [1.54, 1.807) is 0 Å². The first-order valence-corrected chi connectivity index (χ1v) is 40.6. The lowest BCUT2D eigenvalue weighted by Crippen LogP contribution is -2.71. The molecule has 51 atom stereocenters. The Morgan fingerprint density at radius 3 is 1.17 bits per heavy atom. The smallest absolute Gasteiger partial charge is 0.364 e. The number of carbonyl (C=O) groups excluding carboxylic acids is 4. The van der Waals surface area contributed by atoms with Crippen molar-refractivity contribution in [1.82, 2.24) is 21.3 Å². The van der Waals surface area contributed by atoms with E-state index in [1.807, 2.05) is 0 Å². The first-order valence-electron chi connectivity index (χ1n) is 40.6. The zero-order valence-corrected chi connectivity index (χ0v) is 68.7. The van der Waals surface area contributed by atoms with Crippen LogP contribution in [0.1, 0.15) is 41.0 Å². The summed E-state index contributed by atoms with van der Waals surface area (Å²) in [7, 11) is 0. The van der Waals surface area contributed by atoms with Crippen LogP contribution in [-0.2, 0) is 114 Å². The van der Waals surface area contributed by atoms with Gasteiger partial charge in [0.05, 0.1) is 77.7 Å². The van der Waals surface area contributed by atoms with Gasteiger partial charge < -0.3 is 259 Å². The molecule has 10 aliphatic rings. The van der Waals surface area contributed by atoms with E-state index < -0.39 is 408 Å². The van der Waals surface area contributed by atoms with Crippen molar-refractivity contribution in [3.8, 4) is 0 Å². The summed E-state index contributed by atoms with van der Waals surface area (Å²) in [6.07, 6.45) is -100. The highest BCUT2D eigenvalue weighted by atomic mass is 16.8. The fourth-order valence-corrected chi connectivity index (χ4v) is 16.5. The molecule has 0 bridgehead atoms. The maximum atomic E-state index is 13.3. The summed E-state index contributed by atoms with van der Waals surface area (Å²) >= 11 is 0. The van der Waals surface area contributed by atoms with E-state index in [0.29, 0.717) is 0 Å². The number of hydrogen-bond donors (Lipinski definition) is 33. The number of nitrogens with one attached hydrogen (secondary N) is 4. The topological polar surface area (TPSA) is 896 Å². The molecule has 0 spiro atoms. The van der Waals surface area contributed by atoms with E-state index in [0.717, 1.165) is 27.7 Å². The van der Waals surface area contributed by atoms with Gasteiger partial charge in [-0.2, -0.15) is 0 Å². The molecule has 0 aromatic carbocycles. The van der Waals surface area contributed by atoms with Crippen LogP contribution in [0.3, 0.4) is 0 Å². The number of carbonyl (C=O) groups is 5. The number of aliphatic hydroxyl groups is 28. The molecule has 1 unspecified atom stereocenters. The first kappa shape index (κ1) is 106. The predicted molar refractivity (Wildman–Crippen MR) is 392 cm³/mol. The molecule has 0 aromatic rings. The quantitative estimate of drug-likeness (QED) is 0.0284. The molecule has 0 radical (unpaired) electrons. The molecule has 10 rings (SSSR count). The number of carboxylic acids is 1. The molecule has 57 heteroatoms. The van der Waals surface area contributed by atoms with Gasteiger partial charge in [0.15, 0.2) is 56.6 Å². The second kappa shape index (κ2) is 45.4. The minimum atomic E-state index is -3.32. The lowest BCUT2D eigenvalue weighted by molar-refractivity contribution is -0.400. The zero-order chi connectivity index (χ0) is 94.6. The van der Waals surface area contributed by atoms with E-state index in [-0.39, 0.29) is 0 Å². The second-order valence-corrected chi connectivity index (χ2v) is 32.4. The van der Waals surface area contributed by atoms with E-state index in [1.165, 1.54) is 6.92 Å². The molecule has 33 N–H and O–H groups in total. The third-order valence-electron chi connectivity index (χ3n) is 23.4. The summed E-state index contributed by atoms with van der Waals surface area (Å²) in [6, 6.07) is -7.70. The zero-order valence-electron chi connectivity index (χ0n) is 68.7. The Morgan fingerprint density at radius 1 is 0.336 bits per heavy atom. The average molecular weight is 1880 g/mol. The summed E-state index contributed by atoms with van der Waals surface area (Å²) in [4.78, 5) is 64.5. The maximum absolute atomic E-state index is 13.3. The van der Waals surface area contributed by atoms with Gasteiger partial charge in [-0.05, 0) is 6.92 Å². The van der Waals surface area contributed by atoms with Gasteiger partial charge in [0.25, 0.3) is 5.79 Å². The third-order valence-corrected chi connectivity index (χ3v) is 23.4. The van der Waals surface area contributed by atoms with Crippen molar-refractivity contribution >= 4 is 29.6 Å². The SMILES string of the molecule is CC(=O)N[C@H]1[C@H](O[C@H]2[C@H](O)[C@@H](NC(C)=O)C(O)O[C@@H]2CO[C@@H]2O[C@@H](C)[C@@H](O)[C@@H](O)[C@@H]2O)O[C@H](CO)[C@@H](O[C@@H]2O[C@H](CO[C@H]3O[C@H](CO)[C@@H](O)[C@H](O[C@H]4O[C@H](CO)[C@@H](O)[C@H](O)[C@@H]4O)[C@@H]3O)[C@@H](O)[C@H](O[C@H]3O[C@H](CO)[C@@H](O)[C@H](O)[C@@H]3O[C@@H]3O[C@H](CO)[C@@H](O[C@@H]4O[C@H](CO)[C@H](O)[C@H](O[C@]5(C(=O)O)C[C@H](O)[C@@H](NC(C)=O)[C@H]([C@H](O)[C@H](O)CO)O5)[C@H]4O)[C@H](O)[C@H]3NC(C)=O)[C@@H]2O)[C@@H]1O. The van der Waals surface area contributed by atoms with Gasteiger partial charge in [0.2, 0.25) is 23.6 Å². The molecule has 10 fully saturated rings. The van der Waals surface area contributed by atoms with Crippen LogP contribution in [-0.4, -0.2) is 550 Å². The highest BCUT2D eigenvalue weighted by Gasteiger charge is 2.64. The summed E-state index contributed by atoms with van der Waals surface area (Å²) in [5, 5.41) is 333. The summed E-state index contributed by atoms with van der Waals surface area (Å²) < 4.78 is 112. The van der Waals surface area contributed by atoms with E-state index >= 15 is 0 Å². The van der Waals surface area contributed by atoms with Crippen molar-refractivity contribution in [2.24, 2.45) is 0 Å². The normalized spacial score (nSPS) is 48.4. The van der Waals surface area contributed by atoms with Crippen LogP contribution in [0.2, 0.25) is 0 Å². The molecule has 0 aromatic heterocycles. The van der Waals surface area contributed by atoms with E-state index in [9.17, 15) is 172 Å². The predicted octanol–water partition coefficient (Wildman–Crippen LogP) is -22.0. The standard InChI is InChI=1S/C71H118N4O53/c1-16-35(89)45(99)48(102)64(112-16)111-15-30-55(42(96)32(61(107)113-30)73-18(3)84)121-62-33(74-19(4)85)43(97)53(27(12-81)118-62)122-67-51(105)58(41(95)29(120-67)14-110-65-50(104)57(39(93)25(10-79)114-65)124-66-49(103)46(100)37(91)23(8-77)115-66)125-69-60(47(101)38(92)24(9-78)117-69)126-63-34(75-20(5)86)44(98)54(28(13-82)119-63)123-68-52(106)59(40(94)26(11-80)116-68)128-71(70(108)109)6-21(87)31(72-17(2)83)56(127-71)36(90)22(88)7-76/h16,21-69,76-82,87-107H,6-15H2,1-5H3,(H,72,83)(H,73,84)(H,74,85)(H,75,86)(H,108,109)/t16-,21-,22+,23+,24+,25+,26+,27+,28+,29+,30+,31+,32+,33+,34+,35+,36+,37+,38+,39+,40-,41+,42+,43+,44+,45+,46-,47-,48-,49-,50-,51-,52+,53+,54+,55+,56+,57-,58-,59-,60-,61?,62-,63-,64+,65-,66+,67-,68-,69+,71-/m0/s1. The molecule has 10 heterocycles. The lowest BCUT2D eigenvalue weighted by atomic mass is 9.88. The fourth-order valence-electron chi connectivity index (χ4n) is 16.5. The number of carboxylic acid groups (broad SMARTS) is 1. The average Bonchev–Trinajstić information content (AvgIpc) is 0.738. The van der Waals surface area contributed by atoms with Crippen LogP contribution in [0, 0.1) is 0 Å². The van der Waals surface area contributed by atoms with Gasteiger partial charge in [0, 0.05) is 34.1 Å². The van der Waals surface area contributed by atoms with Gasteiger partial charge in [-0.25, -0.2) is 4.79 Å². The molecule has 740 valence electrons. The van der Waals surface area contributed by atoms with Crippen LogP contribution < -0.4 is 21.3 Å². The molecule has 4 amide bonds. The van der Waals surface area contributed by atoms with E-state index in [2.05, 4.69) is 21.3 Å². The first-order chi connectivity index (χ1) is 60.3. The number of hydrogen-bond acceptors (Lipinski definition) is 52. The monoisotopic (exact) mass is 1870 g/mol. The Labute approximate surface area is 723 Å². The minimum absolute atomic E-state index is 0.853. The highest BCUT2D eigenvalue weighted by molar-refractivity contribution is 5.77. The molecule has 57 nitrogen and oxygen atoms in total. The Kier molecular flexibility index (Phi) is 37.4. The van der Waals surface area contributed by atoms with Gasteiger partial charge in [0.1, 0.15) is 232 Å². The molecule has 128 heavy (non-hydrogen) atoms. The summed E-state index contributed by atoms with van der Waals surface area (Å²) in [5.41, 5.74) is 0. The van der Waals surface area contributed by atoms with Gasteiger partial charge in [-0.1, -0.05) is 0 Å². The second-order valence-electron chi connectivity index (χ2n) is 32.4. The number of rotatable bonds is 34. The van der Waals surface area contributed by atoms with Crippen LogP contribution in [0.15, 0.2) is 0 Å². The van der Waals surface area contributed by atoms with Crippen molar-refractivity contribution in [3.63, 3.8) is 0 Å². The Balaban J connectivity index is 0.956. The molecule has 0 saturated carbocycles. The summed E-state index contributed by atoms with van der Waals surface area (Å²) in [5.74, 6) is -9.30. The lowest BCUT2D eigenvalue weighted by Gasteiger charge is -2.51. The summed E-state index contributed by atoms with van der Waals surface area (Å²) in [6.45, 7) is -5.48. The number of amides is 4. The van der Waals surface area contributed by atoms with Crippen molar-refractivity contribution in [3.05, 3.63) is 0 Å². The van der Waals surface area contributed by atoms with Crippen molar-refractivity contribution < 1.29 is 262 Å². The molecular weight excluding hydrogens is 1760 g/mol. The fraction of sp³-hybridized carbons (Fsp3) is 0.930. The molecule has 10 aliphatic heterocycles. The number of aliphatic carboxylic acids is 1.